The van der Waals surface area contributed by atoms with Gasteiger partial charge in [-0.2, -0.15) is 5.10 Å². The van der Waals surface area contributed by atoms with Gasteiger partial charge >= 0.3 is 0 Å². The number of fused-ring (bicyclic) bond motifs is 1. The highest BCUT2D eigenvalue weighted by Crippen LogP contribution is 2.16. The number of hydrogen-bond acceptors (Lipinski definition) is 3. The Kier molecular flexibility index (Phi) is 3.96. The van der Waals surface area contributed by atoms with E-state index in [4.69, 9.17) is 0 Å². The van der Waals surface area contributed by atoms with Crippen molar-refractivity contribution >= 4 is 16.8 Å². The van der Waals surface area contributed by atoms with Crippen LogP contribution >= 0.6 is 0 Å². The zero-order chi connectivity index (χ0) is 17.1. The molecule has 0 saturated carbocycles. The predicted molar refractivity (Wildman–Crippen MR) is 96.5 cm³/mol. The number of aromatic nitrogens is 3. The highest BCUT2D eigenvalue weighted by Gasteiger charge is 2.11. The number of para-hydroxylation sites is 2. The normalized spacial score (nSPS) is 10.7. The van der Waals surface area contributed by atoms with E-state index >= 15 is 0 Å². The minimum Gasteiger partial charge on any atom is -0.348 e. The molecule has 0 bridgehead atoms. The van der Waals surface area contributed by atoms with Gasteiger partial charge < -0.3 is 5.32 Å². The van der Waals surface area contributed by atoms with Gasteiger partial charge in [0, 0.05) is 29.9 Å². The molecular formula is C20H16N4O. The van der Waals surface area contributed by atoms with Gasteiger partial charge in [-0.1, -0.05) is 36.4 Å². The second-order valence-corrected chi connectivity index (χ2v) is 5.69. The van der Waals surface area contributed by atoms with Crippen LogP contribution in [-0.4, -0.2) is 20.7 Å². The first-order valence-electron chi connectivity index (χ1n) is 8.02. The summed E-state index contributed by atoms with van der Waals surface area (Å²) in [5.41, 5.74) is 3.21. The molecule has 1 amide bonds. The number of benzene rings is 2. The topological polar surface area (TPSA) is 59.8 Å². The van der Waals surface area contributed by atoms with E-state index in [2.05, 4.69) is 15.4 Å². The minimum absolute atomic E-state index is 0.142. The third-order valence-electron chi connectivity index (χ3n) is 3.99. The summed E-state index contributed by atoms with van der Waals surface area (Å²) in [6.45, 7) is 0.412. The Morgan fingerprint density at radius 2 is 1.84 bits per heavy atom. The maximum atomic E-state index is 12.5. The number of carbonyl (C=O) groups excluding carboxylic acids is 1. The first-order chi connectivity index (χ1) is 12.3. The molecule has 4 aromatic rings. The molecule has 0 aliphatic rings. The van der Waals surface area contributed by atoms with E-state index in [-0.39, 0.29) is 5.91 Å². The van der Waals surface area contributed by atoms with Crippen LogP contribution in [0.5, 0.6) is 0 Å². The number of nitrogens with one attached hydrogen (secondary N) is 1. The molecule has 25 heavy (non-hydrogen) atoms. The molecule has 4 rings (SSSR count). The van der Waals surface area contributed by atoms with Crippen LogP contribution in [0.3, 0.4) is 0 Å². The van der Waals surface area contributed by atoms with Crippen LogP contribution in [0.15, 0.2) is 79.3 Å². The van der Waals surface area contributed by atoms with Gasteiger partial charge in [-0.05, 0) is 24.3 Å². The number of nitrogens with zero attached hydrogens (tertiary/aromatic N) is 3. The summed E-state index contributed by atoms with van der Waals surface area (Å²) in [7, 11) is 0. The molecule has 1 N–H and O–H groups in total. The van der Waals surface area contributed by atoms with Crippen molar-refractivity contribution in [2.75, 3.05) is 0 Å². The molecular weight excluding hydrogens is 312 g/mol. The van der Waals surface area contributed by atoms with Crippen molar-refractivity contribution in [3.63, 3.8) is 0 Å². The van der Waals surface area contributed by atoms with Crippen LogP contribution < -0.4 is 5.32 Å². The lowest BCUT2D eigenvalue weighted by molar-refractivity contribution is 0.0952. The smallest absolute Gasteiger partial charge is 0.253 e. The van der Waals surface area contributed by atoms with Gasteiger partial charge in [0.05, 0.1) is 23.0 Å². The van der Waals surface area contributed by atoms with Gasteiger partial charge in [0.25, 0.3) is 5.91 Å². The summed E-state index contributed by atoms with van der Waals surface area (Å²) >= 11 is 0. The molecule has 0 aliphatic heterocycles. The van der Waals surface area contributed by atoms with Gasteiger partial charge in [0.2, 0.25) is 0 Å². The van der Waals surface area contributed by atoms with Gasteiger partial charge in [-0.25, -0.2) is 4.68 Å². The molecule has 2 heterocycles. The van der Waals surface area contributed by atoms with E-state index in [1.807, 2.05) is 60.8 Å². The van der Waals surface area contributed by atoms with E-state index in [0.29, 0.717) is 17.6 Å². The standard InChI is InChI=1S/C20H16N4O/c25-20(18-10-4-6-16-7-5-11-21-19(16)18)22-12-15-13-23-24(14-15)17-8-2-1-3-9-17/h1-11,13-14H,12H2,(H,22,25). The van der Waals surface area contributed by atoms with Crippen molar-refractivity contribution in [3.05, 3.63) is 90.4 Å². The fourth-order valence-corrected chi connectivity index (χ4v) is 2.74. The first-order valence-corrected chi connectivity index (χ1v) is 8.02. The second-order valence-electron chi connectivity index (χ2n) is 5.69. The summed E-state index contributed by atoms with van der Waals surface area (Å²) in [6.07, 6.45) is 5.37. The molecule has 0 unspecified atom stereocenters. The number of rotatable bonds is 4. The van der Waals surface area contributed by atoms with Gasteiger partial charge in [0.1, 0.15) is 0 Å². The van der Waals surface area contributed by atoms with Crippen molar-refractivity contribution in [1.29, 1.82) is 0 Å². The Morgan fingerprint density at radius 3 is 2.72 bits per heavy atom. The maximum Gasteiger partial charge on any atom is 0.253 e. The monoisotopic (exact) mass is 328 g/mol. The molecule has 0 aliphatic carbocycles. The van der Waals surface area contributed by atoms with Crippen LogP contribution in [0.1, 0.15) is 15.9 Å². The number of carbonyl (C=O) groups is 1. The van der Waals surface area contributed by atoms with Crippen LogP contribution in [0, 0.1) is 0 Å². The maximum absolute atomic E-state index is 12.5. The fraction of sp³-hybridized carbons (Fsp3) is 0.0500. The third-order valence-corrected chi connectivity index (χ3v) is 3.99. The van der Waals surface area contributed by atoms with Gasteiger partial charge in [-0.3, -0.25) is 9.78 Å². The van der Waals surface area contributed by atoms with Crippen molar-refractivity contribution in [2.24, 2.45) is 0 Å². The Labute approximate surface area is 144 Å². The second kappa shape index (κ2) is 6.57. The number of pyridine rings is 1. The molecule has 0 atom stereocenters. The summed E-state index contributed by atoms with van der Waals surface area (Å²) in [4.78, 5) is 16.9. The molecule has 2 aromatic heterocycles. The highest BCUT2D eigenvalue weighted by molar-refractivity contribution is 6.05. The predicted octanol–water partition coefficient (Wildman–Crippen LogP) is 3.35. The zero-order valence-electron chi connectivity index (χ0n) is 13.5. The van der Waals surface area contributed by atoms with Crippen LogP contribution in [-0.2, 0) is 6.54 Å². The van der Waals surface area contributed by atoms with Gasteiger partial charge in [0.15, 0.2) is 0 Å². The average molecular weight is 328 g/mol. The third kappa shape index (κ3) is 3.12. The van der Waals surface area contributed by atoms with Crippen molar-refractivity contribution in [2.45, 2.75) is 6.54 Å². The van der Waals surface area contributed by atoms with Crippen LogP contribution in [0.25, 0.3) is 16.6 Å². The van der Waals surface area contributed by atoms with Crippen LogP contribution in [0.4, 0.5) is 0 Å². The molecule has 0 radical (unpaired) electrons. The van der Waals surface area contributed by atoms with E-state index in [0.717, 1.165) is 16.6 Å². The number of amides is 1. The van der Waals surface area contributed by atoms with Crippen molar-refractivity contribution in [3.8, 4) is 5.69 Å². The summed E-state index contributed by atoms with van der Waals surface area (Å²) in [6, 6.07) is 19.3. The molecule has 2 aromatic carbocycles. The zero-order valence-corrected chi connectivity index (χ0v) is 13.5. The number of hydrogen-bond donors (Lipinski definition) is 1. The molecule has 0 saturated heterocycles. The quantitative estimate of drug-likeness (QED) is 0.625. The largest absolute Gasteiger partial charge is 0.348 e. The van der Waals surface area contributed by atoms with Crippen molar-refractivity contribution in [1.82, 2.24) is 20.1 Å². The Hall–Kier alpha value is -3.47. The van der Waals surface area contributed by atoms with Gasteiger partial charge in [-0.15, -0.1) is 0 Å². The molecule has 0 fully saturated rings. The Bertz CT molecular complexity index is 1020. The summed E-state index contributed by atoms with van der Waals surface area (Å²) < 4.78 is 1.79. The summed E-state index contributed by atoms with van der Waals surface area (Å²) in [5.74, 6) is -0.142. The lowest BCUT2D eigenvalue weighted by Gasteiger charge is -2.06. The minimum atomic E-state index is -0.142. The average Bonchev–Trinajstić information content (AvgIpc) is 3.15. The Morgan fingerprint density at radius 1 is 1.00 bits per heavy atom. The highest BCUT2D eigenvalue weighted by atomic mass is 16.1. The van der Waals surface area contributed by atoms with Crippen LogP contribution in [0.2, 0.25) is 0 Å². The molecule has 5 nitrogen and oxygen atoms in total. The molecule has 5 heteroatoms. The lowest BCUT2D eigenvalue weighted by atomic mass is 10.1. The SMILES string of the molecule is O=C(NCc1cnn(-c2ccccc2)c1)c1cccc2cccnc12. The van der Waals surface area contributed by atoms with E-state index in [1.54, 1.807) is 23.1 Å². The van der Waals surface area contributed by atoms with E-state index in [1.165, 1.54) is 0 Å². The van der Waals surface area contributed by atoms with Crippen molar-refractivity contribution < 1.29 is 4.79 Å². The summed E-state index contributed by atoms with van der Waals surface area (Å²) in [5, 5.41) is 8.23. The van der Waals surface area contributed by atoms with E-state index in [9.17, 15) is 4.79 Å². The fourth-order valence-electron chi connectivity index (χ4n) is 2.74. The molecule has 0 spiro atoms. The lowest BCUT2D eigenvalue weighted by Crippen LogP contribution is -2.23. The first kappa shape index (κ1) is 15.1. The van der Waals surface area contributed by atoms with E-state index < -0.39 is 0 Å². The Balaban J connectivity index is 1.50. The molecule has 122 valence electrons.